The Morgan fingerprint density at radius 1 is 1.19 bits per heavy atom. The Labute approximate surface area is 92.2 Å². The third-order valence-electron chi connectivity index (χ3n) is 2.64. The van der Waals surface area contributed by atoms with E-state index in [1.165, 1.54) is 0 Å². The Kier molecular flexibility index (Phi) is 3.36. The molecule has 1 heterocycles. The Morgan fingerprint density at radius 3 is 2.44 bits per heavy atom. The van der Waals surface area contributed by atoms with Crippen molar-refractivity contribution in [3.63, 3.8) is 0 Å². The summed E-state index contributed by atoms with van der Waals surface area (Å²) in [7, 11) is 0. The van der Waals surface area contributed by atoms with Gasteiger partial charge < -0.3 is 14.7 Å². The first-order valence-corrected chi connectivity index (χ1v) is 5.14. The van der Waals surface area contributed by atoms with Crippen LogP contribution in [-0.2, 0) is 11.3 Å². The maximum absolute atomic E-state index is 13.1. The first-order valence-electron chi connectivity index (χ1n) is 5.14. The average molecular weight is 229 g/mol. The summed E-state index contributed by atoms with van der Waals surface area (Å²) in [5.41, 5.74) is 0.950. The minimum absolute atomic E-state index is 0.302. The number of nitrogens with zero attached hydrogens (tertiary/aromatic N) is 1. The molecule has 1 saturated heterocycles. The maximum atomic E-state index is 13.1. The molecule has 1 fully saturated rings. The maximum Gasteiger partial charge on any atom is 0.160 e. The molecule has 0 aromatic heterocycles. The molecule has 16 heavy (non-hydrogen) atoms. The topological polar surface area (TPSA) is 32.7 Å². The van der Waals surface area contributed by atoms with Crippen LogP contribution in [0.15, 0.2) is 12.1 Å². The zero-order valence-electron chi connectivity index (χ0n) is 8.75. The lowest BCUT2D eigenvalue weighted by molar-refractivity contribution is 0.122. The van der Waals surface area contributed by atoms with Gasteiger partial charge in [-0.25, -0.2) is 8.78 Å². The highest BCUT2D eigenvalue weighted by Crippen LogP contribution is 2.24. The summed E-state index contributed by atoms with van der Waals surface area (Å²) in [5.74, 6) is -1.82. The van der Waals surface area contributed by atoms with Gasteiger partial charge in [0.25, 0.3) is 0 Å². The largest absolute Gasteiger partial charge is 0.392 e. The van der Waals surface area contributed by atoms with Crippen LogP contribution < -0.4 is 4.90 Å². The molecule has 0 amide bonds. The Balaban J connectivity index is 2.33. The number of benzene rings is 1. The summed E-state index contributed by atoms with van der Waals surface area (Å²) in [6, 6.07) is 2.17. The summed E-state index contributed by atoms with van der Waals surface area (Å²) in [5, 5.41) is 9.12. The first-order chi connectivity index (χ1) is 7.72. The Hall–Kier alpha value is -1.20. The van der Waals surface area contributed by atoms with E-state index in [-0.39, 0.29) is 6.61 Å². The normalized spacial score (nSPS) is 16.6. The van der Waals surface area contributed by atoms with Crippen molar-refractivity contribution in [3.8, 4) is 0 Å². The number of aliphatic hydroxyl groups excluding tert-OH is 1. The van der Waals surface area contributed by atoms with Gasteiger partial charge in [-0.15, -0.1) is 0 Å². The molecule has 0 radical (unpaired) electrons. The number of anilines is 1. The molecule has 1 aliphatic heterocycles. The molecule has 88 valence electrons. The van der Waals surface area contributed by atoms with Crippen molar-refractivity contribution in [3.05, 3.63) is 29.3 Å². The van der Waals surface area contributed by atoms with Gasteiger partial charge in [-0.3, -0.25) is 0 Å². The van der Waals surface area contributed by atoms with Gasteiger partial charge in [0, 0.05) is 30.4 Å². The fourth-order valence-electron chi connectivity index (χ4n) is 1.80. The molecule has 5 heteroatoms. The monoisotopic (exact) mass is 229 g/mol. The van der Waals surface area contributed by atoms with E-state index in [4.69, 9.17) is 9.84 Å². The van der Waals surface area contributed by atoms with Crippen molar-refractivity contribution < 1.29 is 18.6 Å². The van der Waals surface area contributed by atoms with E-state index in [0.29, 0.717) is 37.6 Å². The van der Waals surface area contributed by atoms with Gasteiger partial charge in [-0.1, -0.05) is 0 Å². The number of hydrogen-bond donors (Lipinski definition) is 1. The molecule has 0 spiro atoms. The van der Waals surface area contributed by atoms with E-state index >= 15 is 0 Å². The van der Waals surface area contributed by atoms with Gasteiger partial charge in [0.05, 0.1) is 19.8 Å². The van der Waals surface area contributed by atoms with Crippen molar-refractivity contribution >= 4 is 5.69 Å². The summed E-state index contributed by atoms with van der Waals surface area (Å²) in [6.07, 6.45) is 0. The standard InChI is InChI=1S/C11H13F2NO2/c12-9-5-8(7-15)11(6-10(9)13)14-1-3-16-4-2-14/h5-6,15H,1-4,7H2. The number of morpholine rings is 1. The predicted molar refractivity (Wildman–Crippen MR) is 55.3 cm³/mol. The van der Waals surface area contributed by atoms with Crippen LogP contribution >= 0.6 is 0 Å². The predicted octanol–water partition coefficient (Wildman–Crippen LogP) is 1.29. The quantitative estimate of drug-likeness (QED) is 0.829. The van der Waals surface area contributed by atoms with Crippen LogP contribution in [0.2, 0.25) is 0 Å². The SMILES string of the molecule is OCc1cc(F)c(F)cc1N1CCOCC1. The van der Waals surface area contributed by atoms with Gasteiger partial charge in [0.2, 0.25) is 0 Å². The highest BCUT2D eigenvalue weighted by atomic mass is 19.2. The second-order valence-electron chi connectivity index (χ2n) is 3.65. The van der Waals surface area contributed by atoms with E-state index in [0.717, 1.165) is 12.1 Å². The van der Waals surface area contributed by atoms with E-state index in [1.807, 2.05) is 4.90 Å². The summed E-state index contributed by atoms with van der Waals surface area (Å²) < 4.78 is 31.3. The second kappa shape index (κ2) is 4.76. The molecule has 1 aliphatic rings. The van der Waals surface area contributed by atoms with Crippen LogP contribution in [0, 0.1) is 11.6 Å². The number of hydrogen-bond acceptors (Lipinski definition) is 3. The molecular weight excluding hydrogens is 216 g/mol. The number of halogens is 2. The van der Waals surface area contributed by atoms with E-state index < -0.39 is 11.6 Å². The van der Waals surface area contributed by atoms with Crippen LogP contribution in [0.25, 0.3) is 0 Å². The van der Waals surface area contributed by atoms with Gasteiger partial charge >= 0.3 is 0 Å². The zero-order valence-corrected chi connectivity index (χ0v) is 8.75. The van der Waals surface area contributed by atoms with Crippen LogP contribution in [-0.4, -0.2) is 31.4 Å². The van der Waals surface area contributed by atoms with Crippen LogP contribution in [0.3, 0.4) is 0 Å². The van der Waals surface area contributed by atoms with Gasteiger partial charge in [-0.2, -0.15) is 0 Å². The number of aliphatic hydroxyl groups is 1. The van der Waals surface area contributed by atoms with Crippen molar-refractivity contribution in [1.82, 2.24) is 0 Å². The number of rotatable bonds is 2. The highest BCUT2D eigenvalue weighted by Gasteiger charge is 2.17. The van der Waals surface area contributed by atoms with Gasteiger partial charge in [-0.05, 0) is 6.07 Å². The summed E-state index contributed by atoms with van der Waals surface area (Å²) in [6.45, 7) is 2.06. The molecule has 2 rings (SSSR count). The summed E-state index contributed by atoms with van der Waals surface area (Å²) >= 11 is 0. The molecule has 0 aliphatic carbocycles. The molecule has 0 atom stereocenters. The van der Waals surface area contributed by atoms with E-state index in [2.05, 4.69) is 0 Å². The fraction of sp³-hybridized carbons (Fsp3) is 0.455. The average Bonchev–Trinajstić information content (AvgIpc) is 2.33. The molecule has 0 saturated carbocycles. The Morgan fingerprint density at radius 2 is 1.81 bits per heavy atom. The van der Waals surface area contributed by atoms with Crippen LogP contribution in [0.4, 0.5) is 14.5 Å². The Bertz CT molecular complexity index is 378. The minimum Gasteiger partial charge on any atom is -0.392 e. The summed E-state index contributed by atoms with van der Waals surface area (Å²) in [4.78, 5) is 1.89. The molecular formula is C11H13F2NO2. The van der Waals surface area contributed by atoms with Gasteiger partial charge in [0.15, 0.2) is 11.6 Å². The molecule has 1 aromatic carbocycles. The van der Waals surface area contributed by atoms with Crippen molar-refractivity contribution in [2.24, 2.45) is 0 Å². The van der Waals surface area contributed by atoms with Crippen molar-refractivity contribution in [2.75, 3.05) is 31.2 Å². The second-order valence-corrected chi connectivity index (χ2v) is 3.65. The molecule has 3 nitrogen and oxygen atoms in total. The smallest absolute Gasteiger partial charge is 0.160 e. The lowest BCUT2D eigenvalue weighted by Gasteiger charge is -2.30. The fourth-order valence-corrected chi connectivity index (χ4v) is 1.80. The van der Waals surface area contributed by atoms with Crippen LogP contribution in [0.5, 0.6) is 0 Å². The highest BCUT2D eigenvalue weighted by molar-refractivity contribution is 5.54. The van der Waals surface area contributed by atoms with E-state index in [9.17, 15) is 8.78 Å². The third-order valence-corrected chi connectivity index (χ3v) is 2.64. The minimum atomic E-state index is -0.930. The molecule has 0 unspecified atom stereocenters. The number of ether oxygens (including phenoxy) is 1. The van der Waals surface area contributed by atoms with Crippen molar-refractivity contribution in [2.45, 2.75) is 6.61 Å². The molecule has 1 aromatic rings. The van der Waals surface area contributed by atoms with Crippen LogP contribution in [0.1, 0.15) is 5.56 Å². The third kappa shape index (κ3) is 2.15. The van der Waals surface area contributed by atoms with Crippen molar-refractivity contribution in [1.29, 1.82) is 0 Å². The van der Waals surface area contributed by atoms with E-state index in [1.54, 1.807) is 0 Å². The van der Waals surface area contributed by atoms with Gasteiger partial charge in [0.1, 0.15) is 0 Å². The molecule has 1 N–H and O–H groups in total. The first kappa shape index (κ1) is 11.3. The zero-order chi connectivity index (χ0) is 11.5. The molecule has 0 bridgehead atoms. The lowest BCUT2D eigenvalue weighted by atomic mass is 10.1. The lowest BCUT2D eigenvalue weighted by Crippen LogP contribution is -2.36.